The number of carbonyl (C=O) groups excluding carboxylic acids is 2. The molecule has 2 nitrogen and oxygen atoms in total. The van der Waals surface area contributed by atoms with Crippen LogP contribution in [-0.2, 0) is 12.8 Å². The quantitative estimate of drug-likeness (QED) is 0.715. The fraction of sp³-hybridized carbons (Fsp3) is 0.300. The monoisotopic (exact) mass is 292 g/mol. The minimum atomic E-state index is -0.0134. The van der Waals surface area contributed by atoms with E-state index < -0.39 is 0 Å². The van der Waals surface area contributed by atoms with Gasteiger partial charge in [-0.3, -0.25) is 9.59 Å². The zero-order valence-electron chi connectivity index (χ0n) is 13.1. The third kappa shape index (κ3) is 2.29. The van der Waals surface area contributed by atoms with Gasteiger partial charge in [0.25, 0.3) is 0 Å². The van der Waals surface area contributed by atoms with Gasteiger partial charge in [0.1, 0.15) is 0 Å². The van der Waals surface area contributed by atoms with Crippen LogP contribution in [0.4, 0.5) is 0 Å². The van der Waals surface area contributed by atoms with Crippen LogP contribution in [0.25, 0.3) is 0 Å². The van der Waals surface area contributed by atoms with E-state index in [2.05, 4.69) is 19.9 Å². The maximum atomic E-state index is 12.9. The molecule has 0 N–H and O–H groups in total. The van der Waals surface area contributed by atoms with E-state index in [1.807, 2.05) is 18.2 Å². The summed E-state index contributed by atoms with van der Waals surface area (Å²) in [5.41, 5.74) is 4.49. The minimum Gasteiger partial charge on any atom is -0.289 e. The van der Waals surface area contributed by atoms with Crippen LogP contribution in [0.5, 0.6) is 0 Å². The topological polar surface area (TPSA) is 34.1 Å². The minimum absolute atomic E-state index is 0.00306. The summed E-state index contributed by atoms with van der Waals surface area (Å²) in [6.07, 6.45) is 3.77. The molecule has 1 aliphatic carbocycles. The highest BCUT2D eigenvalue weighted by Gasteiger charge is 2.31. The van der Waals surface area contributed by atoms with Crippen molar-refractivity contribution in [2.45, 2.75) is 39.5 Å². The van der Waals surface area contributed by atoms with Gasteiger partial charge in [0, 0.05) is 22.3 Å². The number of ketones is 2. The van der Waals surface area contributed by atoms with Gasteiger partial charge in [-0.25, -0.2) is 0 Å². The van der Waals surface area contributed by atoms with Crippen LogP contribution < -0.4 is 0 Å². The number of carbonyl (C=O) groups is 2. The first-order valence-corrected chi connectivity index (χ1v) is 8.01. The van der Waals surface area contributed by atoms with Crippen molar-refractivity contribution in [3.63, 3.8) is 0 Å². The molecular weight excluding hydrogens is 272 g/mol. The van der Waals surface area contributed by atoms with E-state index >= 15 is 0 Å². The maximum Gasteiger partial charge on any atom is 0.194 e. The molecule has 0 spiro atoms. The van der Waals surface area contributed by atoms with Crippen LogP contribution in [0, 0.1) is 0 Å². The first-order chi connectivity index (χ1) is 10.7. The van der Waals surface area contributed by atoms with Gasteiger partial charge in [0.05, 0.1) is 0 Å². The van der Waals surface area contributed by atoms with E-state index in [0.29, 0.717) is 22.3 Å². The molecule has 1 aliphatic rings. The maximum absolute atomic E-state index is 12.9. The van der Waals surface area contributed by atoms with Crippen LogP contribution in [0.1, 0.15) is 69.7 Å². The van der Waals surface area contributed by atoms with Crippen molar-refractivity contribution < 1.29 is 9.59 Å². The highest BCUT2D eigenvalue weighted by atomic mass is 16.1. The zero-order valence-corrected chi connectivity index (χ0v) is 13.1. The molecule has 0 amide bonds. The average molecular weight is 292 g/mol. The van der Waals surface area contributed by atoms with E-state index in [1.54, 1.807) is 12.1 Å². The van der Waals surface area contributed by atoms with Crippen LogP contribution in [0.15, 0.2) is 36.4 Å². The standard InChI is InChI=1S/C20H20O2/c1-3-7-13-11-14(8-4-2)18-17(12-13)19(21)15-9-5-6-10-16(15)20(18)22/h5-6,9-12H,3-4,7-8H2,1-2H3. The number of rotatable bonds is 4. The highest BCUT2D eigenvalue weighted by molar-refractivity contribution is 6.28. The van der Waals surface area contributed by atoms with Gasteiger partial charge in [0.15, 0.2) is 11.6 Å². The van der Waals surface area contributed by atoms with Crippen molar-refractivity contribution in [1.29, 1.82) is 0 Å². The fourth-order valence-corrected chi connectivity index (χ4v) is 3.27. The lowest BCUT2D eigenvalue weighted by Gasteiger charge is -2.21. The van der Waals surface area contributed by atoms with Gasteiger partial charge in [-0.15, -0.1) is 0 Å². The molecule has 0 aromatic heterocycles. The third-order valence-corrected chi connectivity index (χ3v) is 4.23. The van der Waals surface area contributed by atoms with Crippen LogP contribution in [0.2, 0.25) is 0 Å². The summed E-state index contributed by atoms with van der Waals surface area (Å²) in [6, 6.07) is 11.2. The number of hydrogen-bond donors (Lipinski definition) is 0. The fourth-order valence-electron chi connectivity index (χ4n) is 3.27. The van der Waals surface area contributed by atoms with Gasteiger partial charge in [-0.2, -0.15) is 0 Å². The van der Waals surface area contributed by atoms with E-state index in [4.69, 9.17) is 0 Å². The summed E-state index contributed by atoms with van der Waals surface area (Å²) in [5.74, 6) is -0.0165. The number of hydrogen-bond acceptors (Lipinski definition) is 2. The van der Waals surface area contributed by atoms with Crippen molar-refractivity contribution >= 4 is 11.6 Å². The Balaban J connectivity index is 2.24. The second-order valence-corrected chi connectivity index (χ2v) is 5.88. The number of fused-ring (bicyclic) bond motifs is 2. The second kappa shape index (κ2) is 5.88. The summed E-state index contributed by atoms with van der Waals surface area (Å²) in [5, 5.41) is 0. The Labute approximate surface area is 131 Å². The molecule has 2 aromatic rings. The van der Waals surface area contributed by atoms with Gasteiger partial charge >= 0.3 is 0 Å². The van der Waals surface area contributed by atoms with Crippen LogP contribution >= 0.6 is 0 Å². The van der Waals surface area contributed by atoms with Gasteiger partial charge < -0.3 is 0 Å². The Morgan fingerprint density at radius 3 is 2.05 bits per heavy atom. The van der Waals surface area contributed by atoms with Crippen molar-refractivity contribution in [2.24, 2.45) is 0 Å². The molecule has 0 aliphatic heterocycles. The largest absolute Gasteiger partial charge is 0.289 e. The molecular formula is C20H20O2. The predicted octanol–water partition coefficient (Wildman–Crippen LogP) is 4.37. The van der Waals surface area contributed by atoms with E-state index in [9.17, 15) is 9.59 Å². The van der Waals surface area contributed by atoms with Crippen molar-refractivity contribution in [3.8, 4) is 0 Å². The summed E-state index contributed by atoms with van der Waals surface area (Å²) >= 11 is 0. The molecule has 0 heterocycles. The van der Waals surface area contributed by atoms with Crippen molar-refractivity contribution in [1.82, 2.24) is 0 Å². The normalized spacial score (nSPS) is 13.0. The van der Waals surface area contributed by atoms with Crippen molar-refractivity contribution in [2.75, 3.05) is 0 Å². The van der Waals surface area contributed by atoms with Crippen LogP contribution in [0.3, 0.4) is 0 Å². The highest BCUT2D eigenvalue weighted by Crippen LogP contribution is 2.31. The van der Waals surface area contributed by atoms with Gasteiger partial charge in [0.2, 0.25) is 0 Å². The molecule has 22 heavy (non-hydrogen) atoms. The first kappa shape index (κ1) is 14.7. The summed E-state index contributed by atoms with van der Waals surface area (Å²) in [4.78, 5) is 25.7. The molecule has 0 unspecified atom stereocenters. The Morgan fingerprint density at radius 2 is 1.41 bits per heavy atom. The SMILES string of the molecule is CCCc1cc(CCC)c2c(c1)C(=O)c1ccccc1C2=O. The lowest BCUT2D eigenvalue weighted by atomic mass is 9.80. The molecule has 0 radical (unpaired) electrons. The molecule has 0 bridgehead atoms. The molecule has 0 saturated heterocycles. The molecule has 0 atom stereocenters. The summed E-state index contributed by atoms with van der Waals surface area (Å²) in [7, 11) is 0. The Morgan fingerprint density at radius 1 is 0.773 bits per heavy atom. The third-order valence-electron chi connectivity index (χ3n) is 4.23. The van der Waals surface area contributed by atoms with E-state index in [0.717, 1.165) is 36.8 Å². The smallest absolute Gasteiger partial charge is 0.194 e. The molecule has 2 heteroatoms. The number of benzene rings is 2. The molecule has 3 rings (SSSR count). The summed E-state index contributed by atoms with van der Waals surface area (Å²) < 4.78 is 0. The van der Waals surface area contributed by atoms with E-state index in [-0.39, 0.29) is 11.6 Å². The lowest BCUT2D eigenvalue weighted by molar-refractivity contribution is 0.0978. The number of aryl methyl sites for hydroxylation is 2. The van der Waals surface area contributed by atoms with Crippen LogP contribution in [-0.4, -0.2) is 11.6 Å². The van der Waals surface area contributed by atoms with Crippen molar-refractivity contribution in [3.05, 3.63) is 69.8 Å². The lowest BCUT2D eigenvalue weighted by Crippen LogP contribution is -2.23. The Kier molecular flexibility index (Phi) is 3.93. The molecule has 0 fully saturated rings. The molecule has 112 valence electrons. The van der Waals surface area contributed by atoms with Gasteiger partial charge in [-0.05, 0) is 30.0 Å². The van der Waals surface area contributed by atoms with E-state index in [1.165, 1.54) is 0 Å². The second-order valence-electron chi connectivity index (χ2n) is 5.88. The molecule has 0 saturated carbocycles. The Hall–Kier alpha value is -2.22. The zero-order chi connectivity index (χ0) is 15.7. The van der Waals surface area contributed by atoms with Gasteiger partial charge in [-0.1, -0.05) is 57.0 Å². The average Bonchev–Trinajstić information content (AvgIpc) is 2.53. The summed E-state index contributed by atoms with van der Waals surface area (Å²) in [6.45, 7) is 4.23. The first-order valence-electron chi connectivity index (χ1n) is 8.01. The Bertz CT molecular complexity index is 756. The molecule has 2 aromatic carbocycles. The predicted molar refractivity (Wildman–Crippen MR) is 87.7 cm³/mol.